The molecule has 0 radical (unpaired) electrons. The lowest BCUT2D eigenvalue weighted by molar-refractivity contribution is -0.116. The first-order valence-corrected chi connectivity index (χ1v) is 9.77. The number of rotatable bonds is 6. The molecule has 3 rings (SSSR count). The van der Waals surface area contributed by atoms with Crippen LogP contribution in [0.2, 0.25) is 0 Å². The third kappa shape index (κ3) is 3.85. The van der Waals surface area contributed by atoms with Gasteiger partial charge in [-0.15, -0.1) is 11.3 Å². The first-order valence-electron chi connectivity index (χ1n) is 7.67. The van der Waals surface area contributed by atoms with Crippen molar-refractivity contribution in [3.05, 3.63) is 46.1 Å². The number of carbonyl (C=O) groups is 1. The number of thiophene rings is 1. The number of benzene rings is 1. The van der Waals surface area contributed by atoms with Crippen molar-refractivity contribution in [2.24, 2.45) is 0 Å². The van der Waals surface area contributed by atoms with Gasteiger partial charge in [0.1, 0.15) is 17.0 Å². The summed E-state index contributed by atoms with van der Waals surface area (Å²) in [5, 5.41) is 5.14. The van der Waals surface area contributed by atoms with Crippen LogP contribution < -0.4 is 15.6 Å². The fraction of sp³-hybridized carbons (Fsp3) is 0.235. The van der Waals surface area contributed by atoms with Gasteiger partial charge < -0.3 is 10.1 Å². The first-order chi connectivity index (χ1) is 12.1. The molecule has 25 heavy (non-hydrogen) atoms. The molecule has 1 aromatic carbocycles. The molecule has 0 unspecified atom stereocenters. The normalized spacial score (nSPS) is 10.8. The molecular weight excluding hydrogens is 358 g/mol. The van der Waals surface area contributed by atoms with Crippen LogP contribution in [0.4, 0.5) is 5.69 Å². The summed E-state index contributed by atoms with van der Waals surface area (Å²) in [6.07, 6.45) is 1.83. The van der Waals surface area contributed by atoms with Gasteiger partial charge in [-0.3, -0.25) is 14.2 Å². The summed E-state index contributed by atoms with van der Waals surface area (Å²) in [7, 11) is 0. The molecule has 6 nitrogen and oxygen atoms in total. The van der Waals surface area contributed by atoms with E-state index in [1.165, 1.54) is 27.7 Å². The zero-order chi connectivity index (χ0) is 17.8. The minimum absolute atomic E-state index is 0.0803. The number of carbonyl (C=O) groups excluding carboxylic acids is 1. The summed E-state index contributed by atoms with van der Waals surface area (Å²) >= 11 is 2.68. The molecule has 0 bridgehead atoms. The molecule has 0 aliphatic rings. The van der Waals surface area contributed by atoms with E-state index in [2.05, 4.69) is 10.3 Å². The molecule has 1 N–H and O–H groups in total. The second kappa shape index (κ2) is 7.71. The standard InChI is InChI=1S/C17H17N3O3S2/c1-3-23-12-6-4-11(5-7-12)18-14(21)10-20-16(22)15-13(8-9-25-15)19-17(20)24-2/h4-9H,3,10H2,1-2H3,(H,18,21). The van der Waals surface area contributed by atoms with Gasteiger partial charge in [0.25, 0.3) is 5.56 Å². The maximum atomic E-state index is 12.6. The number of nitrogens with zero attached hydrogens (tertiary/aromatic N) is 2. The summed E-state index contributed by atoms with van der Waals surface area (Å²) in [5.41, 5.74) is 1.13. The van der Waals surface area contributed by atoms with Crippen molar-refractivity contribution < 1.29 is 9.53 Å². The van der Waals surface area contributed by atoms with E-state index < -0.39 is 0 Å². The highest BCUT2D eigenvalue weighted by Crippen LogP contribution is 2.19. The Bertz CT molecular complexity index is 948. The fourth-order valence-corrected chi connectivity index (χ4v) is 3.70. The molecule has 8 heteroatoms. The monoisotopic (exact) mass is 375 g/mol. The first kappa shape index (κ1) is 17.5. The second-order valence-corrected chi connectivity index (χ2v) is 6.82. The van der Waals surface area contributed by atoms with Crippen molar-refractivity contribution in [1.82, 2.24) is 9.55 Å². The average molecular weight is 375 g/mol. The van der Waals surface area contributed by atoms with Gasteiger partial charge in [0.2, 0.25) is 5.91 Å². The highest BCUT2D eigenvalue weighted by Gasteiger charge is 2.14. The number of fused-ring (bicyclic) bond motifs is 1. The predicted molar refractivity (Wildman–Crippen MR) is 102 cm³/mol. The van der Waals surface area contributed by atoms with E-state index in [0.29, 0.717) is 27.7 Å². The van der Waals surface area contributed by atoms with Gasteiger partial charge >= 0.3 is 0 Å². The summed E-state index contributed by atoms with van der Waals surface area (Å²) in [4.78, 5) is 29.4. The zero-order valence-corrected chi connectivity index (χ0v) is 15.4. The maximum Gasteiger partial charge on any atom is 0.272 e. The largest absolute Gasteiger partial charge is 0.494 e. The number of ether oxygens (including phenoxy) is 1. The van der Waals surface area contributed by atoms with E-state index >= 15 is 0 Å². The lowest BCUT2D eigenvalue weighted by Gasteiger charge is -2.11. The van der Waals surface area contributed by atoms with Crippen molar-refractivity contribution in [3.63, 3.8) is 0 Å². The minimum Gasteiger partial charge on any atom is -0.494 e. The molecule has 0 saturated heterocycles. The number of nitrogens with one attached hydrogen (secondary N) is 1. The lowest BCUT2D eigenvalue weighted by atomic mass is 10.3. The summed E-state index contributed by atoms with van der Waals surface area (Å²) in [6, 6.07) is 8.92. The van der Waals surface area contributed by atoms with Gasteiger partial charge in [0.05, 0.1) is 12.1 Å². The average Bonchev–Trinajstić information content (AvgIpc) is 3.08. The molecule has 0 aliphatic carbocycles. The number of hydrogen-bond donors (Lipinski definition) is 1. The summed E-state index contributed by atoms with van der Waals surface area (Å²) in [5.74, 6) is 0.466. The van der Waals surface area contributed by atoms with Crippen molar-refractivity contribution >= 4 is 44.9 Å². The van der Waals surface area contributed by atoms with Gasteiger partial charge in [0, 0.05) is 5.69 Å². The molecule has 1 amide bonds. The fourth-order valence-electron chi connectivity index (χ4n) is 2.36. The van der Waals surface area contributed by atoms with E-state index in [-0.39, 0.29) is 18.0 Å². The van der Waals surface area contributed by atoms with Gasteiger partial charge in [-0.1, -0.05) is 11.8 Å². The highest BCUT2D eigenvalue weighted by atomic mass is 32.2. The zero-order valence-electron chi connectivity index (χ0n) is 13.8. The SMILES string of the molecule is CCOc1ccc(NC(=O)Cn2c(SC)nc3ccsc3c2=O)cc1. The van der Waals surface area contributed by atoms with Crippen LogP contribution >= 0.6 is 23.1 Å². The van der Waals surface area contributed by atoms with Crippen molar-refractivity contribution in [2.45, 2.75) is 18.6 Å². The Morgan fingerprint density at radius 3 is 2.76 bits per heavy atom. The van der Waals surface area contributed by atoms with Crippen LogP contribution in [0, 0.1) is 0 Å². The molecule has 0 aliphatic heterocycles. The summed E-state index contributed by atoms with van der Waals surface area (Å²) in [6.45, 7) is 2.42. The number of anilines is 1. The molecule has 0 atom stereocenters. The smallest absolute Gasteiger partial charge is 0.272 e. The highest BCUT2D eigenvalue weighted by molar-refractivity contribution is 7.98. The molecule has 2 heterocycles. The van der Waals surface area contributed by atoms with Crippen LogP contribution in [0.1, 0.15) is 6.92 Å². The molecule has 0 spiro atoms. The Kier molecular flexibility index (Phi) is 5.40. The van der Waals surface area contributed by atoms with Crippen LogP contribution in [0.5, 0.6) is 5.75 Å². The van der Waals surface area contributed by atoms with Crippen molar-refractivity contribution in [1.29, 1.82) is 0 Å². The van der Waals surface area contributed by atoms with Gasteiger partial charge in [-0.25, -0.2) is 4.98 Å². The van der Waals surface area contributed by atoms with Crippen LogP contribution in [-0.2, 0) is 11.3 Å². The van der Waals surface area contributed by atoms with E-state index in [0.717, 1.165) is 5.75 Å². The quantitative estimate of drug-likeness (QED) is 0.529. The topological polar surface area (TPSA) is 73.2 Å². The maximum absolute atomic E-state index is 12.6. The Balaban J connectivity index is 1.79. The Labute approximate surface area is 152 Å². The van der Waals surface area contributed by atoms with Crippen LogP contribution in [0.15, 0.2) is 45.7 Å². The molecule has 0 fully saturated rings. The Morgan fingerprint density at radius 2 is 2.08 bits per heavy atom. The lowest BCUT2D eigenvalue weighted by Crippen LogP contribution is -2.29. The van der Waals surface area contributed by atoms with E-state index in [9.17, 15) is 9.59 Å². The second-order valence-electron chi connectivity index (χ2n) is 5.13. The number of hydrogen-bond acceptors (Lipinski definition) is 6. The molecule has 130 valence electrons. The Morgan fingerprint density at radius 1 is 1.32 bits per heavy atom. The van der Waals surface area contributed by atoms with Crippen molar-refractivity contribution in [3.8, 4) is 5.75 Å². The van der Waals surface area contributed by atoms with Crippen LogP contribution in [-0.4, -0.2) is 28.3 Å². The van der Waals surface area contributed by atoms with E-state index in [1.54, 1.807) is 24.3 Å². The van der Waals surface area contributed by atoms with Crippen LogP contribution in [0.3, 0.4) is 0 Å². The Hall–Kier alpha value is -2.32. The van der Waals surface area contributed by atoms with E-state index in [4.69, 9.17) is 4.74 Å². The molecule has 2 aromatic heterocycles. The predicted octanol–water partition coefficient (Wildman–Crippen LogP) is 3.22. The summed E-state index contributed by atoms with van der Waals surface area (Å²) < 4.78 is 7.34. The molecular formula is C17H17N3O3S2. The number of thioether (sulfide) groups is 1. The number of aromatic nitrogens is 2. The van der Waals surface area contributed by atoms with Crippen molar-refractivity contribution in [2.75, 3.05) is 18.2 Å². The third-order valence-corrected chi connectivity index (χ3v) is 5.03. The van der Waals surface area contributed by atoms with E-state index in [1.807, 2.05) is 24.6 Å². The van der Waals surface area contributed by atoms with Gasteiger partial charge in [-0.2, -0.15) is 0 Å². The molecule has 0 saturated carbocycles. The van der Waals surface area contributed by atoms with Gasteiger partial charge in [0.15, 0.2) is 5.16 Å². The minimum atomic E-state index is -0.278. The van der Waals surface area contributed by atoms with Crippen LogP contribution in [0.25, 0.3) is 10.2 Å². The molecule has 3 aromatic rings. The van der Waals surface area contributed by atoms with Gasteiger partial charge in [-0.05, 0) is 48.9 Å². The third-order valence-electron chi connectivity index (χ3n) is 3.46. The number of amides is 1.